The summed E-state index contributed by atoms with van der Waals surface area (Å²) in [5.41, 5.74) is -0.129. The molecule has 0 saturated heterocycles. The third-order valence-electron chi connectivity index (χ3n) is 3.94. The average Bonchev–Trinajstić information content (AvgIpc) is 3.07. The Morgan fingerprint density at radius 1 is 1.36 bits per heavy atom. The van der Waals surface area contributed by atoms with Gasteiger partial charge in [-0.3, -0.25) is 14.2 Å². The minimum atomic E-state index is -0.791. The molecule has 1 N–H and O–H groups in total. The van der Waals surface area contributed by atoms with Crippen molar-refractivity contribution in [3.05, 3.63) is 56.7 Å². The molecular formula is C18H17ClN4O5. The van der Waals surface area contributed by atoms with Crippen LogP contribution in [0.2, 0.25) is 5.02 Å². The van der Waals surface area contributed by atoms with E-state index in [9.17, 15) is 14.4 Å². The summed E-state index contributed by atoms with van der Waals surface area (Å²) in [7, 11) is 0. The van der Waals surface area contributed by atoms with Gasteiger partial charge in [0, 0.05) is 11.6 Å². The molecule has 1 amide bonds. The molecular weight excluding hydrogens is 388 g/mol. The van der Waals surface area contributed by atoms with Gasteiger partial charge in [-0.15, -0.1) is 0 Å². The van der Waals surface area contributed by atoms with E-state index in [-0.39, 0.29) is 42.3 Å². The number of aromatic nitrogens is 3. The standard InChI is InChI=1S/C18H17ClN4O5/c1-3-27-18(26)15-14-16(28-22-15)21-10(2)23(17(14)25)9-13(24)20-8-11-5-4-6-12(19)7-11/h4-7H,3,8-9H2,1-2H3,(H,20,24). The van der Waals surface area contributed by atoms with E-state index in [2.05, 4.69) is 15.5 Å². The number of nitrogens with zero attached hydrogens (tertiary/aromatic N) is 3. The van der Waals surface area contributed by atoms with Gasteiger partial charge in [-0.25, -0.2) is 4.79 Å². The number of hydrogen-bond donors (Lipinski definition) is 1. The van der Waals surface area contributed by atoms with E-state index in [0.29, 0.717) is 5.02 Å². The van der Waals surface area contributed by atoms with Gasteiger partial charge < -0.3 is 14.6 Å². The molecule has 2 aromatic heterocycles. The van der Waals surface area contributed by atoms with Crippen molar-refractivity contribution >= 4 is 34.6 Å². The molecule has 28 heavy (non-hydrogen) atoms. The van der Waals surface area contributed by atoms with E-state index in [4.69, 9.17) is 20.9 Å². The summed E-state index contributed by atoms with van der Waals surface area (Å²) in [6.45, 7) is 3.28. The van der Waals surface area contributed by atoms with Crippen LogP contribution >= 0.6 is 11.6 Å². The highest BCUT2D eigenvalue weighted by Crippen LogP contribution is 2.14. The molecule has 0 bridgehead atoms. The molecule has 0 radical (unpaired) electrons. The number of nitrogens with one attached hydrogen (secondary N) is 1. The second-order valence-corrected chi connectivity index (χ2v) is 6.33. The molecule has 3 rings (SSSR count). The van der Waals surface area contributed by atoms with Gasteiger partial charge in [0.1, 0.15) is 17.8 Å². The van der Waals surface area contributed by atoms with Crippen LogP contribution in [0.25, 0.3) is 11.1 Å². The average molecular weight is 405 g/mol. The Bertz CT molecular complexity index is 1110. The van der Waals surface area contributed by atoms with E-state index >= 15 is 0 Å². The van der Waals surface area contributed by atoms with Gasteiger partial charge in [0.05, 0.1) is 6.61 Å². The molecule has 0 unspecified atom stereocenters. The van der Waals surface area contributed by atoms with Gasteiger partial charge in [0.25, 0.3) is 11.3 Å². The first-order chi connectivity index (χ1) is 13.4. The van der Waals surface area contributed by atoms with Crippen LogP contribution in [-0.2, 0) is 22.6 Å². The smallest absolute Gasteiger partial charge is 0.361 e. The maximum atomic E-state index is 12.8. The van der Waals surface area contributed by atoms with Crippen molar-refractivity contribution in [3.63, 3.8) is 0 Å². The number of fused-ring (bicyclic) bond motifs is 1. The van der Waals surface area contributed by atoms with Crippen molar-refractivity contribution < 1.29 is 18.8 Å². The number of carbonyl (C=O) groups excluding carboxylic acids is 2. The Morgan fingerprint density at radius 3 is 2.86 bits per heavy atom. The van der Waals surface area contributed by atoms with Crippen molar-refractivity contribution in [1.82, 2.24) is 20.0 Å². The van der Waals surface area contributed by atoms with Gasteiger partial charge in [0.2, 0.25) is 11.6 Å². The summed E-state index contributed by atoms with van der Waals surface area (Å²) < 4.78 is 11.0. The van der Waals surface area contributed by atoms with Crippen LogP contribution in [0.1, 0.15) is 28.8 Å². The van der Waals surface area contributed by atoms with Crippen LogP contribution in [0, 0.1) is 6.92 Å². The first-order valence-electron chi connectivity index (χ1n) is 8.45. The fraction of sp³-hybridized carbons (Fsp3) is 0.278. The zero-order valence-electron chi connectivity index (χ0n) is 15.2. The van der Waals surface area contributed by atoms with Crippen molar-refractivity contribution in [2.45, 2.75) is 26.9 Å². The Kier molecular flexibility index (Phi) is 5.74. The maximum Gasteiger partial charge on any atom is 0.361 e. The van der Waals surface area contributed by atoms with Gasteiger partial charge >= 0.3 is 5.97 Å². The van der Waals surface area contributed by atoms with Gasteiger partial charge in [-0.05, 0) is 31.5 Å². The number of esters is 1. The molecule has 0 aliphatic heterocycles. The van der Waals surface area contributed by atoms with Crippen molar-refractivity contribution in [2.24, 2.45) is 0 Å². The lowest BCUT2D eigenvalue weighted by Gasteiger charge is -2.10. The van der Waals surface area contributed by atoms with Crippen molar-refractivity contribution in [2.75, 3.05) is 6.61 Å². The fourth-order valence-corrected chi connectivity index (χ4v) is 2.82. The maximum absolute atomic E-state index is 12.8. The Morgan fingerprint density at radius 2 is 2.14 bits per heavy atom. The summed E-state index contributed by atoms with van der Waals surface area (Å²) in [6.07, 6.45) is 0. The van der Waals surface area contributed by atoms with Crippen LogP contribution < -0.4 is 10.9 Å². The third kappa shape index (κ3) is 4.04. The van der Waals surface area contributed by atoms with Crippen molar-refractivity contribution in [3.8, 4) is 0 Å². The lowest BCUT2D eigenvalue weighted by atomic mass is 10.2. The number of ether oxygens (including phenoxy) is 1. The van der Waals surface area contributed by atoms with E-state index in [1.54, 1.807) is 32.0 Å². The second kappa shape index (κ2) is 8.22. The summed E-state index contributed by atoms with van der Waals surface area (Å²) in [6, 6.07) is 7.06. The minimum Gasteiger partial charge on any atom is -0.461 e. The minimum absolute atomic E-state index is 0.0823. The number of rotatable bonds is 6. The summed E-state index contributed by atoms with van der Waals surface area (Å²) in [5, 5.41) is 6.74. The molecule has 0 saturated carbocycles. The summed E-state index contributed by atoms with van der Waals surface area (Å²) >= 11 is 5.92. The lowest BCUT2D eigenvalue weighted by molar-refractivity contribution is -0.121. The molecule has 1 aromatic carbocycles. The summed E-state index contributed by atoms with van der Waals surface area (Å²) in [5.74, 6) is -0.941. The highest BCUT2D eigenvalue weighted by atomic mass is 35.5. The number of benzene rings is 1. The Hall–Kier alpha value is -3.20. The third-order valence-corrected chi connectivity index (χ3v) is 4.17. The molecule has 0 aliphatic rings. The van der Waals surface area contributed by atoms with E-state index < -0.39 is 17.4 Å². The van der Waals surface area contributed by atoms with Crippen LogP contribution in [-0.4, -0.2) is 33.2 Å². The summed E-state index contributed by atoms with van der Waals surface area (Å²) in [4.78, 5) is 41.2. The molecule has 0 aliphatic carbocycles. The van der Waals surface area contributed by atoms with Crippen LogP contribution in [0.5, 0.6) is 0 Å². The van der Waals surface area contributed by atoms with E-state index in [1.165, 1.54) is 0 Å². The zero-order valence-corrected chi connectivity index (χ0v) is 15.9. The molecule has 3 aromatic rings. The normalized spacial score (nSPS) is 10.8. The quantitative estimate of drug-likeness (QED) is 0.623. The van der Waals surface area contributed by atoms with Crippen LogP contribution in [0.4, 0.5) is 0 Å². The predicted molar refractivity (Wildman–Crippen MR) is 100 cm³/mol. The molecule has 0 atom stereocenters. The van der Waals surface area contributed by atoms with Gasteiger partial charge in [-0.2, -0.15) is 4.98 Å². The Labute approximate surface area is 164 Å². The topological polar surface area (TPSA) is 116 Å². The number of aryl methyl sites for hydroxylation is 1. The number of hydrogen-bond acceptors (Lipinski definition) is 7. The number of halogens is 1. The van der Waals surface area contributed by atoms with Gasteiger partial charge in [-0.1, -0.05) is 28.9 Å². The fourth-order valence-electron chi connectivity index (χ4n) is 2.61. The van der Waals surface area contributed by atoms with E-state index in [0.717, 1.165) is 10.1 Å². The van der Waals surface area contributed by atoms with Crippen molar-refractivity contribution in [1.29, 1.82) is 0 Å². The van der Waals surface area contributed by atoms with E-state index in [1.807, 2.05) is 6.07 Å². The molecule has 0 spiro atoms. The molecule has 9 nitrogen and oxygen atoms in total. The Balaban J connectivity index is 1.84. The molecule has 0 fully saturated rings. The van der Waals surface area contributed by atoms with Crippen LogP contribution in [0.3, 0.4) is 0 Å². The highest BCUT2D eigenvalue weighted by Gasteiger charge is 2.24. The monoisotopic (exact) mass is 404 g/mol. The second-order valence-electron chi connectivity index (χ2n) is 5.89. The number of amides is 1. The molecule has 10 heteroatoms. The van der Waals surface area contributed by atoms with Gasteiger partial charge in [0.15, 0.2) is 0 Å². The lowest BCUT2D eigenvalue weighted by Crippen LogP contribution is -2.34. The molecule has 2 heterocycles. The number of carbonyl (C=O) groups is 2. The predicted octanol–water partition coefficient (Wildman–Crippen LogP) is 1.84. The largest absolute Gasteiger partial charge is 0.461 e. The first-order valence-corrected chi connectivity index (χ1v) is 8.83. The highest BCUT2D eigenvalue weighted by molar-refractivity contribution is 6.30. The first kappa shape index (κ1) is 19.6. The van der Waals surface area contributed by atoms with Crippen LogP contribution in [0.15, 0.2) is 33.6 Å². The SMILES string of the molecule is CCOC(=O)c1noc2nc(C)n(CC(=O)NCc3cccc(Cl)c3)c(=O)c12. The molecule has 146 valence electrons. The zero-order chi connectivity index (χ0) is 20.3.